The molecule has 0 radical (unpaired) electrons. The lowest BCUT2D eigenvalue weighted by molar-refractivity contribution is -0.138. The van der Waals surface area contributed by atoms with Crippen molar-refractivity contribution in [1.82, 2.24) is 0 Å². The van der Waals surface area contributed by atoms with Gasteiger partial charge in [-0.1, -0.05) is 27.4 Å². The number of thioether (sulfide) groups is 1. The van der Waals surface area contributed by atoms with Crippen LogP contribution in [0.15, 0.2) is 12.2 Å². The predicted octanol–water partition coefficient (Wildman–Crippen LogP) is 3.67. The summed E-state index contributed by atoms with van der Waals surface area (Å²) in [6, 6.07) is 0. The summed E-state index contributed by atoms with van der Waals surface area (Å²) in [6.45, 7) is 12.5. The molecule has 0 saturated heterocycles. The van der Waals surface area contributed by atoms with Crippen molar-refractivity contribution < 1.29 is 9.53 Å². The topological polar surface area (TPSA) is 26.3 Å². The first-order chi connectivity index (χ1) is 7.45. The summed E-state index contributed by atoms with van der Waals surface area (Å²) in [4.78, 5) is 11.1. The van der Waals surface area contributed by atoms with E-state index in [0.29, 0.717) is 17.6 Å². The molecule has 0 aromatic heterocycles. The molecule has 2 nitrogen and oxygen atoms in total. The molecule has 0 aromatic carbocycles. The minimum Gasteiger partial charge on any atom is -0.461 e. The third-order valence-corrected chi connectivity index (χ3v) is 4.32. The van der Waals surface area contributed by atoms with Crippen LogP contribution in [-0.2, 0) is 9.53 Å². The van der Waals surface area contributed by atoms with Crippen LogP contribution in [0.2, 0.25) is 0 Å². The summed E-state index contributed by atoms with van der Waals surface area (Å²) in [5, 5.41) is 0. The van der Waals surface area contributed by atoms with Gasteiger partial charge in [0.15, 0.2) is 0 Å². The van der Waals surface area contributed by atoms with E-state index >= 15 is 0 Å². The molecule has 16 heavy (non-hydrogen) atoms. The molecule has 0 saturated carbocycles. The van der Waals surface area contributed by atoms with Gasteiger partial charge in [0, 0.05) is 11.3 Å². The molecule has 0 unspecified atom stereocenters. The number of hydrogen-bond donors (Lipinski definition) is 0. The summed E-state index contributed by atoms with van der Waals surface area (Å²) in [6.07, 6.45) is 2.39. The maximum absolute atomic E-state index is 11.1. The summed E-state index contributed by atoms with van der Waals surface area (Å²) >= 11 is 1.86. The number of carbonyl (C=O) groups excluding carboxylic acids is 1. The SMILES string of the molecule is C=C(C)C(=O)OCCSCC(C)(CC)CC. The Balaban J connectivity index is 3.61. The van der Waals surface area contributed by atoms with Gasteiger partial charge in [0.2, 0.25) is 0 Å². The van der Waals surface area contributed by atoms with Crippen molar-refractivity contribution in [3.8, 4) is 0 Å². The lowest BCUT2D eigenvalue weighted by Gasteiger charge is -2.25. The molecular formula is C13H24O2S. The van der Waals surface area contributed by atoms with Crippen molar-refractivity contribution in [2.24, 2.45) is 5.41 Å². The van der Waals surface area contributed by atoms with Gasteiger partial charge in [0.1, 0.15) is 6.61 Å². The summed E-state index contributed by atoms with van der Waals surface area (Å²) in [5.74, 6) is 1.72. The molecule has 0 aromatic rings. The lowest BCUT2D eigenvalue weighted by Crippen LogP contribution is -2.18. The van der Waals surface area contributed by atoms with Crippen LogP contribution in [0, 0.1) is 5.41 Å². The number of carbonyl (C=O) groups is 1. The first-order valence-electron chi connectivity index (χ1n) is 5.85. The molecule has 3 heteroatoms. The molecule has 0 amide bonds. The average Bonchev–Trinajstić information content (AvgIpc) is 2.27. The van der Waals surface area contributed by atoms with Gasteiger partial charge in [0.25, 0.3) is 0 Å². The third-order valence-electron chi connectivity index (χ3n) is 2.97. The lowest BCUT2D eigenvalue weighted by atomic mass is 9.87. The van der Waals surface area contributed by atoms with Gasteiger partial charge < -0.3 is 4.74 Å². The van der Waals surface area contributed by atoms with Crippen molar-refractivity contribution in [1.29, 1.82) is 0 Å². The molecule has 0 aliphatic rings. The van der Waals surface area contributed by atoms with Crippen LogP contribution in [0.1, 0.15) is 40.5 Å². The highest BCUT2D eigenvalue weighted by Crippen LogP contribution is 2.29. The highest BCUT2D eigenvalue weighted by Gasteiger charge is 2.19. The summed E-state index contributed by atoms with van der Waals surface area (Å²) in [5.41, 5.74) is 0.889. The second-order valence-electron chi connectivity index (χ2n) is 4.49. The Morgan fingerprint density at radius 1 is 1.38 bits per heavy atom. The van der Waals surface area contributed by atoms with Crippen molar-refractivity contribution in [3.63, 3.8) is 0 Å². The maximum atomic E-state index is 11.1. The molecule has 0 N–H and O–H groups in total. The van der Waals surface area contributed by atoms with Gasteiger partial charge >= 0.3 is 5.97 Å². The third kappa shape index (κ3) is 6.21. The van der Waals surface area contributed by atoms with Gasteiger partial charge in [-0.05, 0) is 30.9 Å². The van der Waals surface area contributed by atoms with Gasteiger partial charge in [-0.25, -0.2) is 4.79 Å². The molecule has 0 aliphatic heterocycles. The first-order valence-corrected chi connectivity index (χ1v) is 7.01. The van der Waals surface area contributed by atoms with Crippen LogP contribution in [0.5, 0.6) is 0 Å². The molecule has 0 spiro atoms. The molecule has 0 rings (SSSR count). The standard InChI is InChI=1S/C13H24O2S/c1-6-13(5,7-2)10-16-9-8-15-12(14)11(3)4/h3,6-10H2,1-2,4-5H3. The molecular weight excluding hydrogens is 220 g/mol. The average molecular weight is 244 g/mol. The van der Waals surface area contributed by atoms with Gasteiger partial charge in [-0.3, -0.25) is 0 Å². The van der Waals surface area contributed by atoms with Crippen LogP contribution in [-0.4, -0.2) is 24.1 Å². The molecule has 0 bridgehead atoms. The minimum atomic E-state index is -0.283. The zero-order chi connectivity index (χ0) is 12.6. The van der Waals surface area contributed by atoms with Crippen LogP contribution in [0.3, 0.4) is 0 Å². The summed E-state index contributed by atoms with van der Waals surface area (Å²) < 4.78 is 5.03. The van der Waals surface area contributed by atoms with E-state index in [2.05, 4.69) is 27.4 Å². The van der Waals surface area contributed by atoms with Crippen LogP contribution < -0.4 is 0 Å². The van der Waals surface area contributed by atoms with Gasteiger partial charge in [-0.15, -0.1) is 0 Å². The quantitative estimate of drug-likeness (QED) is 0.370. The second kappa shape index (κ2) is 7.77. The fourth-order valence-electron chi connectivity index (χ4n) is 1.09. The zero-order valence-corrected chi connectivity index (χ0v) is 11.8. The number of esters is 1. The fourth-order valence-corrected chi connectivity index (χ4v) is 2.34. The maximum Gasteiger partial charge on any atom is 0.333 e. The normalized spacial score (nSPS) is 11.2. The van der Waals surface area contributed by atoms with E-state index in [4.69, 9.17) is 4.74 Å². The van der Waals surface area contributed by atoms with Crippen molar-refractivity contribution >= 4 is 17.7 Å². The van der Waals surface area contributed by atoms with E-state index < -0.39 is 0 Å². The Morgan fingerprint density at radius 3 is 2.38 bits per heavy atom. The van der Waals surface area contributed by atoms with Crippen LogP contribution in [0.25, 0.3) is 0 Å². The highest BCUT2D eigenvalue weighted by atomic mass is 32.2. The van der Waals surface area contributed by atoms with Crippen molar-refractivity contribution in [2.45, 2.75) is 40.5 Å². The zero-order valence-electron chi connectivity index (χ0n) is 11.0. The molecule has 0 heterocycles. The first kappa shape index (κ1) is 15.6. The number of ether oxygens (including phenoxy) is 1. The molecule has 0 aliphatic carbocycles. The monoisotopic (exact) mass is 244 g/mol. The predicted molar refractivity (Wildman–Crippen MR) is 71.8 cm³/mol. The largest absolute Gasteiger partial charge is 0.461 e. The second-order valence-corrected chi connectivity index (χ2v) is 5.59. The number of rotatable bonds is 8. The van der Waals surface area contributed by atoms with E-state index in [1.165, 1.54) is 12.8 Å². The van der Waals surface area contributed by atoms with Crippen molar-refractivity contribution in [3.05, 3.63) is 12.2 Å². The Labute approximate surface area is 104 Å². The molecule has 0 atom stereocenters. The smallest absolute Gasteiger partial charge is 0.333 e. The van der Waals surface area contributed by atoms with Crippen LogP contribution >= 0.6 is 11.8 Å². The van der Waals surface area contributed by atoms with Crippen LogP contribution in [0.4, 0.5) is 0 Å². The Hall–Kier alpha value is -0.440. The Kier molecular flexibility index (Phi) is 7.56. The van der Waals surface area contributed by atoms with E-state index in [1.54, 1.807) is 6.92 Å². The van der Waals surface area contributed by atoms with E-state index in [0.717, 1.165) is 11.5 Å². The van der Waals surface area contributed by atoms with E-state index in [9.17, 15) is 4.79 Å². The highest BCUT2D eigenvalue weighted by molar-refractivity contribution is 7.99. The van der Waals surface area contributed by atoms with Gasteiger partial charge in [0.05, 0.1) is 0 Å². The Morgan fingerprint density at radius 2 is 1.94 bits per heavy atom. The Bertz CT molecular complexity index is 232. The fraction of sp³-hybridized carbons (Fsp3) is 0.769. The van der Waals surface area contributed by atoms with Crippen molar-refractivity contribution in [2.75, 3.05) is 18.1 Å². The van der Waals surface area contributed by atoms with E-state index in [-0.39, 0.29) is 5.97 Å². The minimum absolute atomic E-state index is 0.283. The van der Waals surface area contributed by atoms with Gasteiger partial charge in [-0.2, -0.15) is 11.8 Å². The van der Waals surface area contributed by atoms with E-state index in [1.807, 2.05) is 11.8 Å². The number of hydrogen-bond acceptors (Lipinski definition) is 3. The summed E-state index contributed by atoms with van der Waals surface area (Å²) in [7, 11) is 0. The molecule has 94 valence electrons. The molecule has 0 fully saturated rings.